The lowest BCUT2D eigenvalue weighted by Gasteiger charge is -2.36. The molecule has 2 fully saturated rings. The number of allylic oxidation sites excluding steroid dienone is 9. The molecule has 0 aromatic heterocycles. The van der Waals surface area contributed by atoms with Crippen LogP contribution in [0.5, 0.6) is 0 Å². The molecule has 0 bridgehead atoms. The lowest BCUT2D eigenvalue weighted by Crippen LogP contribution is -2.49. The molecule has 1 saturated heterocycles. The van der Waals surface area contributed by atoms with Crippen LogP contribution < -0.4 is 5.32 Å². The molecule has 3 rings (SSSR count). The molecule has 0 spiro atoms. The number of nitrogens with zero attached hydrogens (tertiary/aromatic N) is 3. The van der Waals surface area contributed by atoms with Crippen molar-refractivity contribution in [2.45, 2.75) is 32.2 Å². The molecule has 32 heavy (non-hydrogen) atoms. The highest BCUT2D eigenvalue weighted by atomic mass is 16.2. The summed E-state index contributed by atoms with van der Waals surface area (Å²) in [5.74, 6) is 1.17. The van der Waals surface area contributed by atoms with Crippen molar-refractivity contribution in [3.8, 4) is 0 Å². The molecule has 2 heterocycles. The third-order valence-electron chi connectivity index (χ3n) is 6.31. The molecule has 2 aliphatic heterocycles. The molecule has 1 saturated carbocycles. The molecule has 2 atom stereocenters. The van der Waals surface area contributed by atoms with Crippen LogP contribution in [-0.4, -0.2) is 60.3 Å². The van der Waals surface area contributed by atoms with Crippen molar-refractivity contribution in [3.05, 3.63) is 85.2 Å². The van der Waals surface area contributed by atoms with Crippen LogP contribution in [0.4, 0.5) is 0 Å². The Labute approximate surface area is 193 Å². The van der Waals surface area contributed by atoms with Crippen molar-refractivity contribution >= 4 is 11.7 Å². The molecule has 1 N–H and O–H groups in total. The maximum atomic E-state index is 12.7. The second-order valence-electron chi connectivity index (χ2n) is 8.42. The minimum absolute atomic E-state index is 0.0299. The zero-order valence-electron chi connectivity index (χ0n) is 19.3. The minimum atomic E-state index is 0.0299. The number of carbonyl (C=O) groups is 1. The van der Waals surface area contributed by atoms with Crippen molar-refractivity contribution in [1.82, 2.24) is 15.1 Å². The second kappa shape index (κ2) is 11.6. The van der Waals surface area contributed by atoms with Crippen molar-refractivity contribution in [2.75, 3.05) is 32.7 Å². The molecular formula is C27H36N4O. The van der Waals surface area contributed by atoms with Crippen LogP contribution in [0.3, 0.4) is 0 Å². The molecule has 0 radical (unpaired) electrons. The van der Waals surface area contributed by atoms with E-state index >= 15 is 0 Å². The van der Waals surface area contributed by atoms with Crippen molar-refractivity contribution in [1.29, 1.82) is 0 Å². The van der Waals surface area contributed by atoms with Gasteiger partial charge in [-0.25, -0.2) is 0 Å². The highest BCUT2D eigenvalue weighted by Gasteiger charge is 2.37. The highest BCUT2D eigenvalue weighted by Crippen LogP contribution is 2.41. The number of hydrogen-bond donors (Lipinski definition) is 1. The van der Waals surface area contributed by atoms with Crippen LogP contribution in [0.15, 0.2) is 90.2 Å². The van der Waals surface area contributed by atoms with Gasteiger partial charge in [-0.15, -0.1) is 0 Å². The fraction of sp³-hybridized carbons (Fsp3) is 0.407. The molecule has 3 aliphatic rings. The van der Waals surface area contributed by atoms with Crippen LogP contribution in [0.25, 0.3) is 0 Å². The van der Waals surface area contributed by atoms with Gasteiger partial charge in [0.1, 0.15) is 5.84 Å². The smallest absolute Gasteiger partial charge is 0.239 e. The summed E-state index contributed by atoms with van der Waals surface area (Å²) in [5, 5.41) is 3.09. The monoisotopic (exact) mass is 432 g/mol. The average molecular weight is 433 g/mol. The largest absolute Gasteiger partial charge is 0.369 e. The molecule has 2 unspecified atom stereocenters. The lowest BCUT2D eigenvalue weighted by atomic mass is 9.76. The fourth-order valence-corrected chi connectivity index (χ4v) is 4.84. The first-order valence-corrected chi connectivity index (χ1v) is 11.5. The molecule has 0 aromatic rings. The first-order valence-electron chi connectivity index (χ1n) is 11.5. The first kappa shape index (κ1) is 23.7. The van der Waals surface area contributed by atoms with Gasteiger partial charge in [0.2, 0.25) is 5.91 Å². The Hall–Kier alpha value is -2.92. The Morgan fingerprint density at radius 1 is 1.12 bits per heavy atom. The summed E-state index contributed by atoms with van der Waals surface area (Å²) in [7, 11) is 0. The summed E-state index contributed by atoms with van der Waals surface area (Å²) in [6.07, 6.45) is 18.6. The number of piperazine rings is 1. The Balaban J connectivity index is 1.52. The minimum Gasteiger partial charge on any atom is -0.369 e. The predicted octanol–water partition coefficient (Wildman–Crippen LogP) is 4.17. The van der Waals surface area contributed by atoms with E-state index in [9.17, 15) is 4.79 Å². The third-order valence-corrected chi connectivity index (χ3v) is 6.31. The predicted molar refractivity (Wildman–Crippen MR) is 134 cm³/mol. The van der Waals surface area contributed by atoms with Crippen molar-refractivity contribution in [2.24, 2.45) is 10.9 Å². The molecule has 5 nitrogen and oxygen atoms in total. The van der Waals surface area contributed by atoms with E-state index in [0.29, 0.717) is 12.5 Å². The second-order valence-corrected chi connectivity index (χ2v) is 8.42. The Morgan fingerprint density at radius 3 is 2.53 bits per heavy atom. The standard InChI is InChI=1S/C27H36N4O/c1-5-9-21-13-14-25-24(23(21)12-8-4)19-26(28-25)29-27(32)20-30-15-17-31(18-16-30)22(10-6-2)11-7-3/h5-12,24-25H,1-2,4,13-20H2,3H3,(H,28,29,32)/b11-7-,21-9-,22-10+,23-12+. The van der Waals surface area contributed by atoms with E-state index in [1.165, 1.54) is 16.8 Å². The van der Waals surface area contributed by atoms with Gasteiger partial charge in [0.05, 0.1) is 12.6 Å². The Kier molecular flexibility index (Phi) is 8.63. The average Bonchev–Trinajstić information content (AvgIpc) is 3.18. The number of fused-ring (bicyclic) bond motifs is 1. The van der Waals surface area contributed by atoms with Gasteiger partial charge in [0, 0.05) is 44.2 Å². The van der Waals surface area contributed by atoms with Crippen molar-refractivity contribution in [3.63, 3.8) is 0 Å². The number of amides is 1. The number of hydrogen-bond acceptors (Lipinski definition) is 4. The summed E-state index contributed by atoms with van der Waals surface area (Å²) in [5.41, 5.74) is 3.76. The van der Waals surface area contributed by atoms with E-state index in [2.05, 4.69) is 53.1 Å². The van der Waals surface area contributed by atoms with Crippen LogP contribution >= 0.6 is 0 Å². The van der Waals surface area contributed by atoms with Gasteiger partial charge < -0.3 is 10.2 Å². The number of aliphatic imine (C=N–C) groups is 1. The van der Waals surface area contributed by atoms with E-state index in [1.54, 1.807) is 0 Å². The van der Waals surface area contributed by atoms with Gasteiger partial charge in [0.15, 0.2) is 0 Å². The number of nitrogens with one attached hydrogen (secondary N) is 1. The quantitative estimate of drug-likeness (QED) is 0.614. The van der Waals surface area contributed by atoms with Crippen LogP contribution in [-0.2, 0) is 4.79 Å². The van der Waals surface area contributed by atoms with E-state index in [-0.39, 0.29) is 11.9 Å². The lowest BCUT2D eigenvalue weighted by molar-refractivity contribution is -0.121. The Morgan fingerprint density at radius 2 is 1.88 bits per heavy atom. The number of carbonyl (C=O) groups excluding carboxylic acids is 1. The van der Waals surface area contributed by atoms with E-state index in [1.807, 2.05) is 37.3 Å². The van der Waals surface area contributed by atoms with Gasteiger partial charge in [0.25, 0.3) is 0 Å². The first-order chi connectivity index (χ1) is 15.6. The number of amidine groups is 1. The van der Waals surface area contributed by atoms with Gasteiger partial charge in [-0.3, -0.25) is 14.7 Å². The summed E-state index contributed by atoms with van der Waals surface area (Å²) in [6.45, 7) is 17.5. The van der Waals surface area contributed by atoms with E-state index in [4.69, 9.17) is 4.99 Å². The van der Waals surface area contributed by atoms with Gasteiger partial charge in [-0.05, 0) is 43.1 Å². The summed E-state index contributed by atoms with van der Waals surface area (Å²) in [4.78, 5) is 22.1. The van der Waals surface area contributed by atoms with E-state index < -0.39 is 0 Å². The zero-order chi connectivity index (χ0) is 22.9. The molecule has 1 amide bonds. The van der Waals surface area contributed by atoms with E-state index in [0.717, 1.165) is 51.3 Å². The normalized spacial score (nSPS) is 26.8. The Bertz CT molecular complexity index is 881. The third kappa shape index (κ3) is 5.86. The summed E-state index contributed by atoms with van der Waals surface area (Å²) < 4.78 is 0. The summed E-state index contributed by atoms with van der Waals surface area (Å²) in [6, 6.07) is 0.240. The SMILES string of the molecule is C=C/C=C1/CCC2N=C(NC(=O)CN3CCN(C(/C=C\C)=C/C=C)CC3)CC2/C1=C/C=C. The van der Waals surface area contributed by atoms with Crippen LogP contribution in [0.2, 0.25) is 0 Å². The fourth-order valence-electron chi connectivity index (χ4n) is 4.84. The maximum absolute atomic E-state index is 12.7. The molecular weight excluding hydrogens is 396 g/mol. The summed E-state index contributed by atoms with van der Waals surface area (Å²) >= 11 is 0. The molecule has 0 aromatic carbocycles. The zero-order valence-corrected chi connectivity index (χ0v) is 19.3. The highest BCUT2D eigenvalue weighted by molar-refractivity contribution is 6.00. The topological polar surface area (TPSA) is 47.9 Å². The van der Waals surface area contributed by atoms with Crippen LogP contribution in [0, 0.1) is 5.92 Å². The van der Waals surface area contributed by atoms with Gasteiger partial charge in [-0.2, -0.15) is 0 Å². The van der Waals surface area contributed by atoms with Gasteiger partial charge in [-0.1, -0.05) is 56.2 Å². The van der Waals surface area contributed by atoms with Crippen LogP contribution in [0.1, 0.15) is 26.2 Å². The molecule has 170 valence electrons. The molecule has 1 aliphatic carbocycles. The van der Waals surface area contributed by atoms with Gasteiger partial charge >= 0.3 is 0 Å². The number of rotatable bonds is 7. The molecule has 5 heteroatoms. The van der Waals surface area contributed by atoms with Crippen molar-refractivity contribution < 1.29 is 4.79 Å². The maximum Gasteiger partial charge on any atom is 0.239 e.